The molecule has 31 heavy (non-hydrogen) atoms. The van der Waals surface area contributed by atoms with Crippen molar-refractivity contribution in [2.45, 2.75) is 0 Å². The Morgan fingerprint density at radius 3 is 2.32 bits per heavy atom. The molecule has 0 aliphatic heterocycles. The van der Waals surface area contributed by atoms with Crippen molar-refractivity contribution in [3.63, 3.8) is 0 Å². The van der Waals surface area contributed by atoms with Crippen molar-refractivity contribution >= 4 is 11.7 Å². The lowest BCUT2D eigenvalue weighted by Crippen LogP contribution is -2.18. The van der Waals surface area contributed by atoms with Gasteiger partial charge in [-0.05, 0) is 24.3 Å². The summed E-state index contributed by atoms with van der Waals surface area (Å²) in [6.07, 6.45) is 0.927. The average Bonchev–Trinajstić information content (AvgIpc) is 2.75. The van der Waals surface area contributed by atoms with Crippen LogP contribution in [0, 0.1) is 17.5 Å². The number of rotatable bonds is 7. The predicted molar refractivity (Wildman–Crippen MR) is 101 cm³/mol. The number of carbonyl (C=O) groups excluding carboxylic acids is 1. The summed E-state index contributed by atoms with van der Waals surface area (Å²) in [4.78, 5) is 23.9. The van der Waals surface area contributed by atoms with Gasteiger partial charge in [-0.1, -0.05) is 11.2 Å². The van der Waals surface area contributed by atoms with E-state index in [4.69, 9.17) is 9.47 Å². The minimum atomic E-state index is -1.15. The molecular weight excluding hydrogens is 419 g/mol. The van der Waals surface area contributed by atoms with Gasteiger partial charge in [-0.25, -0.2) is 13.6 Å². The van der Waals surface area contributed by atoms with Crippen LogP contribution < -0.4 is 9.47 Å². The van der Waals surface area contributed by atoms with E-state index in [1.54, 1.807) is 0 Å². The molecule has 2 aromatic carbocycles. The van der Waals surface area contributed by atoms with Crippen LogP contribution in [0.4, 0.5) is 13.2 Å². The highest BCUT2D eigenvalue weighted by Gasteiger charge is 2.23. The number of ether oxygens (including phenoxy) is 3. The second-order valence-corrected chi connectivity index (χ2v) is 5.71. The molecule has 0 amide bonds. The maximum absolute atomic E-state index is 14.8. The summed E-state index contributed by atoms with van der Waals surface area (Å²) in [6, 6.07) is 8.05. The predicted octanol–water partition coefficient (Wildman–Crippen LogP) is 4.00. The average molecular weight is 433 g/mol. The lowest BCUT2D eigenvalue weighted by atomic mass is 10.1. The second kappa shape index (κ2) is 9.57. The van der Waals surface area contributed by atoms with Crippen LogP contribution >= 0.6 is 0 Å². The molecule has 0 saturated heterocycles. The van der Waals surface area contributed by atoms with Crippen molar-refractivity contribution in [1.29, 1.82) is 0 Å². The maximum atomic E-state index is 14.8. The monoisotopic (exact) mass is 433 g/mol. The SMILES string of the molecule is CO/N=C(/C(=O)OC)c1ccc(F)cc1Oc1ncnc(Oc2cccc(F)c2)c1F. The van der Waals surface area contributed by atoms with Crippen molar-refractivity contribution in [3.05, 3.63) is 71.8 Å². The third-order valence-electron chi connectivity index (χ3n) is 3.70. The molecule has 0 aliphatic rings. The number of nitrogens with zero attached hydrogens (tertiary/aromatic N) is 3. The number of hydrogen-bond donors (Lipinski definition) is 0. The normalized spacial score (nSPS) is 11.1. The number of aromatic nitrogens is 2. The van der Waals surface area contributed by atoms with Crippen LogP contribution in [0.25, 0.3) is 0 Å². The summed E-state index contributed by atoms with van der Waals surface area (Å²) in [5.41, 5.74) is -0.411. The second-order valence-electron chi connectivity index (χ2n) is 5.71. The smallest absolute Gasteiger partial charge is 0.360 e. The molecule has 160 valence electrons. The Morgan fingerprint density at radius 2 is 1.65 bits per heavy atom. The largest absolute Gasteiger partial charge is 0.464 e. The molecule has 0 N–H and O–H groups in total. The van der Waals surface area contributed by atoms with Gasteiger partial charge in [0.1, 0.15) is 36.6 Å². The Labute approximate surface area is 173 Å². The van der Waals surface area contributed by atoms with Gasteiger partial charge in [-0.15, -0.1) is 0 Å². The maximum Gasteiger partial charge on any atom is 0.360 e. The number of esters is 1. The molecular formula is C20H14F3N3O5. The van der Waals surface area contributed by atoms with Gasteiger partial charge in [0.15, 0.2) is 5.71 Å². The first-order valence-corrected chi connectivity index (χ1v) is 8.54. The van der Waals surface area contributed by atoms with Gasteiger partial charge in [0, 0.05) is 12.1 Å². The van der Waals surface area contributed by atoms with E-state index in [2.05, 4.69) is 24.7 Å². The zero-order valence-corrected chi connectivity index (χ0v) is 16.1. The quantitative estimate of drug-likeness (QED) is 0.316. The van der Waals surface area contributed by atoms with Crippen LogP contribution in [0.2, 0.25) is 0 Å². The molecule has 0 atom stereocenters. The van der Waals surface area contributed by atoms with Crippen molar-refractivity contribution < 1.29 is 37.0 Å². The van der Waals surface area contributed by atoms with E-state index in [0.29, 0.717) is 0 Å². The highest BCUT2D eigenvalue weighted by Crippen LogP contribution is 2.32. The summed E-state index contributed by atoms with van der Waals surface area (Å²) in [5.74, 6) is -4.93. The molecule has 0 radical (unpaired) electrons. The lowest BCUT2D eigenvalue weighted by molar-refractivity contribution is -0.132. The topological polar surface area (TPSA) is 92.1 Å². The molecule has 0 aliphatic carbocycles. The first-order valence-electron chi connectivity index (χ1n) is 8.54. The molecule has 0 spiro atoms. The fourth-order valence-corrected chi connectivity index (χ4v) is 2.39. The fraction of sp³-hybridized carbons (Fsp3) is 0.100. The van der Waals surface area contributed by atoms with Gasteiger partial charge >= 0.3 is 5.97 Å². The first kappa shape index (κ1) is 21.6. The molecule has 3 aromatic rings. The van der Waals surface area contributed by atoms with Crippen LogP contribution in [0.1, 0.15) is 5.56 Å². The van der Waals surface area contributed by atoms with Crippen LogP contribution in [0.15, 0.2) is 53.9 Å². The molecule has 11 heteroatoms. The molecule has 8 nitrogen and oxygen atoms in total. The van der Waals surface area contributed by atoms with E-state index < -0.39 is 35.2 Å². The van der Waals surface area contributed by atoms with Gasteiger partial charge in [-0.2, -0.15) is 14.4 Å². The minimum Gasteiger partial charge on any atom is -0.464 e. The van der Waals surface area contributed by atoms with Crippen molar-refractivity contribution in [2.24, 2.45) is 5.16 Å². The zero-order chi connectivity index (χ0) is 22.4. The standard InChI is InChI=1S/C20H14F3N3O5/c1-28-20(27)17(26-29-2)14-7-6-12(22)9-15(14)31-19-16(23)18(24-10-25-19)30-13-5-3-4-11(21)8-13/h3-10H,1-2H3/b26-17+. The van der Waals surface area contributed by atoms with Gasteiger partial charge in [0.2, 0.25) is 5.82 Å². The Kier molecular flexibility index (Phi) is 6.65. The fourth-order valence-electron chi connectivity index (χ4n) is 2.39. The van der Waals surface area contributed by atoms with Crippen molar-refractivity contribution in [2.75, 3.05) is 14.2 Å². The Hall–Kier alpha value is -4.15. The molecule has 0 bridgehead atoms. The molecule has 1 heterocycles. The Morgan fingerprint density at radius 1 is 0.935 bits per heavy atom. The molecule has 3 rings (SSSR count). The highest BCUT2D eigenvalue weighted by atomic mass is 19.1. The van der Waals surface area contributed by atoms with Crippen LogP contribution in [0.5, 0.6) is 23.3 Å². The first-order chi connectivity index (χ1) is 14.9. The number of carbonyl (C=O) groups is 1. The van der Waals surface area contributed by atoms with E-state index in [1.807, 2.05) is 0 Å². The summed E-state index contributed by atoms with van der Waals surface area (Å²) < 4.78 is 57.2. The van der Waals surface area contributed by atoms with Crippen LogP contribution in [0.3, 0.4) is 0 Å². The van der Waals surface area contributed by atoms with Gasteiger partial charge in [0.25, 0.3) is 11.8 Å². The zero-order valence-electron chi connectivity index (χ0n) is 16.1. The summed E-state index contributed by atoms with van der Waals surface area (Å²) in [6.45, 7) is 0. The Bertz CT molecular complexity index is 1140. The van der Waals surface area contributed by atoms with Crippen molar-refractivity contribution in [1.82, 2.24) is 9.97 Å². The molecule has 1 aromatic heterocycles. The summed E-state index contributed by atoms with van der Waals surface area (Å²) >= 11 is 0. The van der Waals surface area contributed by atoms with E-state index in [0.717, 1.165) is 31.6 Å². The van der Waals surface area contributed by atoms with E-state index in [1.165, 1.54) is 31.4 Å². The number of oxime groups is 1. The van der Waals surface area contributed by atoms with Crippen molar-refractivity contribution in [3.8, 4) is 23.3 Å². The molecule has 0 saturated carbocycles. The van der Waals surface area contributed by atoms with Crippen LogP contribution in [-0.2, 0) is 14.4 Å². The third kappa shape index (κ3) is 5.07. The molecule has 0 unspecified atom stereocenters. The summed E-state index contributed by atoms with van der Waals surface area (Å²) in [5, 5.41) is 3.55. The van der Waals surface area contributed by atoms with Gasteiger partial charge < -0.3 is 19.0 Å². The minimum absolute atomic E-state index is 0.0183. The highest BCUT2D eigenvalue weighted by molar-refractivity contribution is 6.43. The molecule has 0 fully saturated rings. The van der Waals surface area contributed by atoms with Gasteiger partial charge in [0.05, 0.1) is 12.7 Å². The summed E-state index contributed by atoms with van der Waals surface area (Å²) in [7, 11) is 2.30. The lowest BCUT2D eigenvalue weighted by Gasteiger charge is -2.13. The number of hydrogen-bond acceptors (Lipinski definition) is 8. The number of benzene rings is 2. The van der Waals surface area contributed by atoms with Gasteiger partial charge in [-0.3, -0.25) is 0 Å². The van der Waals surface area contributed by atoms with E-state index in [9.17, 15) is 18.0 Å². The van der Waals surface area contributed by atoms with E-state index >= 15 is 0 Å². The number of methoxy groups -OCH3 is 1. The number of halogens is 3. The third-order valence-corrected chi connectivity index (χ3v) is 3.70. The van der Waals surface area contributed by atoms with E-state index in [-0.39, 0.29) is 22.8 Å². The Balaban J connectivity index is 1.98. The van der Waals surface area contributed by atoms with Crippen LogP contribution in [-0.4, -0.2) is 35.9 Å².